The Balaban J connectivity index is 3.15. The summed E-state index contributed by atoms with van der Waals surface area (Å²) >= 11 is 0. The lowest BCUT2D eigenvalue weighted by Gasteiger charge is -1.99. The van der Waals surface area contributed by atoms with Crippen molar-refractivity contribution in [2.24, 2.45) is 0 Å². The molecule has 0 bridgehead atoms. The highest BCUT2D eigenvalue weighted by Gasteiger charge is 2.28. The van der Waals surface area contributed by atoms with Crippen molar-refractivity contribution in [3.8, 4) is 0 Å². The minimum Gasteiger partial charge on any atom is -0.262 e. The van der Waals surface area contributed by atoms with Crippen molar-refractivity contribution in [3.05, 3.63) is 0 Å². The largest absolute Gasteiger partial charge is 0.524 e. The van der Waals surface area contributed by atoms with E-state index in [2.05, 4.69) is 4.74 Å². The maximum atomic E-state index is 10.6. The van der Waals surface area contributed by atoms with Gasteiger partial charge < -0.3 is 0 Å². The Morgan fingerprint density at radius 1 is 1.43 bits per heavy atom. The zero-order valence-electron chi connectivity index (χ0n) is 3.16. The van der Waals surface area contributed by atoms with Crippen molar-refractivity contribution < 1.29 is 23.0 Å². The lowest BCUT2D eigenvalue weighted by molar-refractivity contribution is -0.351. The highest BCUT2D eigenvalue weighted by atomic mass is 19.4. The fraction of sp³-hybridized carbons (Fsp3) is 1.00. The van der Waals surface area contributed by atoms with Crippen LogP contribution in [0.4, 0.5) is 13.2 Å². The van der Waals surface area contributed by atoms with Crippen molar-refractivity contribution in [2.75, 3.05) is 6.79 Å². The van der Waals surface area contributed by atoms with Gasteiger partial charge in [-0.2, -0.15) is 0 Å². The van der Waals surface area contributed by atoms with Crippen LogP contribution in [0, 0.1) is 0 Å². The molecule has 1 radical (unpaired) electrons. The predicted octanol–water partition coefficient (Wildman–Crippen LogP) is 0.911. The van der Waals surface area contributed by atoms with Gasteiger partial charge in [0.25, 0.3) is 0 Å². The third-order valence-corrected chi connectivity index (χ3v) is 0.223. The minimum atomic E-state index is -4.76. The van der Waals surface area contributed by atoms with Crippen LogP contribution in [0.1, 0.15) is 0 Å². The fourth-order valence-electron chi connectivity index (χ4n) is 0.0668. The highest BCUT2D eigenvalue weighted by Crippen LogP contribution is 2.14. The van der Waals surface area contributed by atoms with Gasteiger partial charge in [0.05, 0.1) is 0 Å². The number of ether oxygens (including phenoxy) is 1. The number of hydrogen-bond acceptors (Lipinski definition) is 1. The first kappa shape index (κ1) is 6.71. The molecule has 0 saturated carbocycles. The summed E-state index contributed by atoms with van der Waals surface area (Å²) in [6.07, 6.45) is -4.76. The van der Waals surface area contributed by atoms with Gasteiger partial charge in [-0.05, 0) is 0 Å². The van der Waals surface area contributed by atoms with Crippen molar-refractivity contribution in [1.82, 2.24) is 0 Å². The molecule has 0 rings (SSSR count). The Bertz CT molecular complexity index is 49.4. The van der Waals surface area contributed by atoms with Crippen LogP contribution < -0.4 is 0 Å². The molecule has 5 heteroatoms. The van der Waals surface area contributed by atoms with Gasteiger partial charge in [-0.1, -0.05) is 0 Å². The topological polar surface area (TPSA) is 29.1 Å². The molecule has 0 heterocycles. The normalized spacial score (nSPS) is 12.0. The van der Waals surface area contributed by atoms with E-state index in [1.54, 1.807) is 0 Å². The summed E-state index contributed by atoms with van der Waals surface area (Å²) in [4.78, 5) is 0. The predicted molar refractivity (Wildman–Crippen MR) is 12.7 cm³/mol. The molecule has 43 valence electrons. The third kappa shape index (κ3) is 5.71. The standard InChI is InChI=1S/C2H2F3O2/c3-2(4,5)7-1-6/h1H2. The average molecular weight is 115 g/mol. The lowest BCUT2D eigenvalue weighted by atomic mass is 11.3. The molecule has 0 aliphatic heterocycles. The third-order valence-electron chi connectivity index (χ3n) is 0.223. The first-order valence-electron chi connectivity index (χ1n) is 1.35. The summed E-state index contributed by atoms with van der Waals surface area (Å²) in [7, 11) is 0. The SMILES string of the molecule is [O]COC(F)(F)F. The second kappa shape index (κ2) is 2.13. The average Bonchev–Trinajstić information content (AvgIpc) is 1.30. The lowest BCUT2D eigenvalue weighted by Crippen LogP contribution is -2.12. The number of rotatable bonds is 1. The van der Waals surface area contributed by atoms with Crippen LogP contribution in [-0.2, 0) is 9.84 Å². The molecule has 0 unspecified atom stereocenters. The van der Waals surface area contributed by atoms with E-state index in [4.69, 9.17) is 5.11 Å². The fourth-order valence-corrected chi connectivity index (χ4v) is 0.0668. The summed E-state index contributed by atoms with van der Waals surface area (Å²) in [5.74, 6) is 0. The van der Waals surface area contributed by atoms with Crippen molar-refractivity contribution in [2.45, 2.75) is 6.36 Å². The molecule has 0 N–H and O–H groups in total. The van der Waals surface area contributed by atoms with Gasteiger partial charge in [0, 0.05) is 0 Å². The van der Waals surface area contributed by atoms with Crippen molar-refractivity contribution in [1.29, 1.82) is 0 Å². The van der Waals surface area contributed by atoms with Crippen LogP contribution in [0.3, 0.4) is 0 Å². The molecule has 0 spiro atoms. The number of halogens is 3. The first-order valence-corrected chi connectivity index (χ1v) is 1.35. The van der Waals surface area contributed by atoms with Crippen LogP contribution in [0.2, 0.25) is 0 Å². The molecule has 7 heavy (non-hydrogen) atoms. The molecule has 0 aromatic carbocycles. The molecule has 0 amide bonds. The van der Waals surface area contributed by atoms with E-state index in [1.165, 1.54) is 0 Å². The van der Waals surface area contributed by atoms with Gasteiger partial charge in [0.15, 0.2) is 6.79 Å². The van der Waals surface area contributed by atoms with E-state index < -0.39 is 13.2 Å². The van der Waals surface area contributed by atoms with E-state index in [9.17, 15) is 13.2 Å². The van der Waals surface area contributed by atoms with Crippen LogP contribution in [0.25, 0.3) is 0 Å². The number of hydrogen-bond donors (Lipinski definition) is 0. The van der Waals surface area contributed by atoms with Gasteiger partial charge in [-0.15, -0.1) is 13.2 Å². The van der Waals surface area contributed by atoms with Crippen molar-refractivity contribution in [3.63, 3.8) is 0 Å². The zero-order chi connectivity index (χ0) is 5.91. The van der Waals surface area contributed by atoms with Crippen LogP contribution in [0.5, 0.6) is 0 Å². The highest BCUT2D eigenvalue weighted by molar-refractivity contribution is 4.17. The molecular weight excluding hydrogens is 113 g/mol. The summed E-state index contributed by atoms with van der Waals surface area (Å²) < 4.78 is 34.6. The summed E-state index contributed by atoms with van der Waals surface area (Å²) in [5.41, 5.74) is 0. The molecule has 2 nitrogen and oxygen atoms in total. The summed E-state index contributed by atoms with van der Waals surface area (Å²) in [6, 6.07) is 0. The second-order valence-electron chi connectivity index (χ2n) is 0.708. The molecule has 0 aliphatic carbocycles. The Labute approximate surface area is 37.5 Å². The monoisotopic (exact) mass is 115 g/mol. The van der Waals surface area contributed by atoms with Gasteiger partial charge >= 0.3 is 6.36 Å². The maximum absolute atomic E-state index is 10.6. The zero-order valence-corrected chi connectivity index (χ0v) is 3.16. The smallest absolute Gasteiger partial charge is 0.262 e. The summed E-state index contributed by atoms with van der Waals surface area (Å²) in [5, 5.41) is 9.00. The van der Waals surface area contributed by atoms with E-state index in [-0.39, 0.29) is 0 Å². The molecular formula is C2H2F3O2. The molecule has 0 fully saturated rings. The molecule has 0 aromatic heterocycles. The van der Waals surface area contributed by atoms with Gasteiger partial charge in [0.2, 0.25) is 0 Å². The van der Waals surface area contributed by atoms with Crippen LogP contribution in [-0.4, -0.2) is 13.2 Å². The van der Waals surface area contributed by atoms with Crippen molar-refractivity contribution >= 4 is 0 Å². The van der Waals surface area contributed by atoms with Gasteiger partial charge in [-0.3, -0.25) is 4.74 Å². The van der Waals surface area contributed by atoms with Gasteiger partial charge in [0.1, 0.15) is 0 Å². The molecule has 0 aromatic rings. The number of alkyl halides is 3. The molecule has 0 atom stereocenters. The maximum Gasteiger partial charge on any atom is 0.524 e. The molecule has 0 saturated heterocycles. The van der Waals surface area contributed by atoms with Crippen LogP contribution in [0.15, 0.2) is 0 Å². The van der Waals surface area contributed by atoms with E-state index in [0.29, 0.717) is 0 Å². The Morgan fingerprint density at radius 2 is 1.86 bits per heavy atom. The summed E-state index contributed by atoms with van der Waals surface area (Å²) in [6.45, 7) is -1.57. The Kier molecular flexibility index (Phi) is 2.04. The Hall–Kier alpha value is -0.290. The van der Waals surface area contributed by atoms with Gasteiger partial charge in [-0.25, -0.2) is 5.11 Å². The quantitative estimate of drug-likeness (QED) is 0.467. The minimum absolute atomic E-state index is 1.57. The van der Waals surface area contributed by atoms with E-state index in [1.807, 2.05) is 0 Å². The second-order valence-corrected chi connectivity index (χ2v) is 0.708. The first-order chi connectivity index (χ1) is 3.06. The van der Waals surface area contributed by atoms with E-state index in [0.717, 1.165) is 0 Å². The van der Waals surface area contributed by atoms with E-state index >= 15 is 0 Å². The Morgan fingerprint density at radius 3 is 1.86 bits per heavy atom. The molecule has 0 aliphatic rings. The van der Waals surface area contributed by atoms with Crippen LogP contribution >= 0.6 is 0 Å².